The van der Waals surface area contributed by atoms with Gasteiger partial charge >= 0.3 is 0 Å². The van der Waals surface area contributed by atoms with E-state index in [4.69, 9.17) is 0 Å². The molecule has 10 heavy (non-hydrogen) atoms. The van der Waals surface area contributed by atoms with Gasteiger partial charge in [-0.25, -0.2) is 12.8 Å². The first-order valence-corrected chi connectivity index (χ1v) is 4.30. The number of hydrogen-bond acceptors (Lipinski definition) is 3. The van der Waals surface area contributed by atoms with Crippen molar-refractivity contribution in [3.05, 3.63) is 12.0 Å². The Hall–Kier alpha value is -0.910. The zero-order chi connectivity index (χ0) is 7.78. The molecule has 1 N–H and O–H groups in total. The zero-order valence-electron chi connectivity index (χ0n) is 5.13. The average Bonchev–Trinajstić information content (AvgIpc) is 2.11. The van der Waals surface area contributed by atoms with Crippen LogP contribution < -0.4 is 0 Å². The van der Waals surface area contributed by atoms with Crippen LogP contribution in [0.2, 0.25) is 0 Å². The Kier molecular flexibility index (Phi) is 1.47. The lowest BCUT2D eigenvalue weighted by atomic mass is 10.7. The van der Waals surface area contributed by atoms with E-state index in [0.29, 0.717) is 0 Å². The Balaban J connectivity index is 3.32. The van der Waals surface area contributed by atoms with Gasteiger partial charge in [0.1, 0.15) is 0 Å². The molecule has 0 aliphatic heterocycles. The van der Waals surface area contributed by atoms with E-state index >= 15 is 0 Å². The van der Waals surface area contributed by atoms with Crippen LogP contribution in [0.4, 0.5) is 4.39 Å². The lowest BCUT2D eigenvalue weighted by molar-refractivity contribution is 0.566. The molecule has 0 unspecified atom stereocenters. The summed E-state index contributed by atoms with van der Waals surface area (Å²) in [5, 5.41) is 4.78. The number of H-pyrrole nitrogens is 1. The molecule has 4 nitrogen and oxygen atoms in total. The maximum absolute atomic E-state index is 12.4. The second kappa shape index (κ2) is 2.05. The molecule has 0 atom stereocenters. The third kappa shape index (κ3) is 1.15. The number of nitrogens with zero attached hydrogens (tertiary/aromatic N) is 1. The van der Waals surface area contributed by atoms with Crippen molar-refractivity contribution in [2.24, 2.45) is 0 Å². The van der Waals surface area contributed by atoms with Gasteiger partial charge in [0.05, 0.1) is 6.20 Å². The predicted molar refractivity (Wildman–Crippen MR) is 31.7 cm³/mol. The number of hydrogen-bond donors (Lipinski definition) is 1. The molecule has 0 radical (unpaired) electrons. The van der Waals surface area contributed by atoms with Crippen LogP contribution in [0.3, 0.4) is 0 Å². The van der Waals surface area contributed by atoms with Gasteiger partial charge in [-0.05, 0) is 0 Å². The molecule has 0 fully saturated rings. The fourth-order valence-corrected chi connectivity index (χ4v) is 1.15. The van der Waals surface area contributed by atoms with Gasteiger partial charge in [0.25, 0.3) is 0 Å². The minimum atomic E-state index is -3.48. The summed E-state index contributed by atoms with van der Waals surface area (Å²) in [6.07, 6.45) is 1.72. The summed E-state index contributed by atoms with van der Waals surface area (Å²) in [7, 11) is -3.48. The van der Waals surface area contributed by atoms with E-state index in [1.54, 1.807) is 0 Å². The lowest BCUT2D eigenvalue weighted by Gasteiger charge is -1.88. The predicted octanol–water partition coefficient (Wildman–Crippen LogP) is -0.0477. The molecule has 0 saturated heterocycles. The van der Waals surface area contributed by atoms with Crippen LogP contribution in [0.5, 0.6) is 0 Å². The Morgan fingerprint density at radius 3 is 2.50 bits per heavy atom. The van der Waals surface area contributed by atoms with Crippen LogP contribution >= 0.6 is 0 Å². The van der Waals surface area contributed by atoms with Crippen molar-refractivity contribution in [2.75, 3.05) is 6.26 Å². The molecular weight excluding hydrogens is 159 g/mol. The highest BCUT2D eigenvalue weighted by atomic mass is 32.2. The first-order valence-electron chi connectivity index (χ1n) is 2.41. The van der Waals surface area contributed by atoms with Gasteiger partial charge < -0.3 is 0 Å². The monoisotopic (exact) mass is 164 g/mol. The average molecular weight is 164 g/mol. The zero-order valence-corrected chi connectivity index (χ0v) is 5.94. The molecule has 1 aromatic heterocycles. The van der Waals surface area contributed by atoms with E-state index in [1.165, 1.54) is 0 Å². The van der Waals surface area contributed by atoms with Crippen molar-refractivity contribution in [3.8, 4) is 0 Å². The SMILES string of the molecule is CS(=O)(=O)c1[nH]ncc1F. The van der Waals surface area contributed by atoms with Crippen LogP contribution in [-0.4, -0.2) is 24.9 Å². The molecule has 56 valence electrons. The van der Waals surface area contributed by atoms with Gasteiger partial charge in [-0.15, -0.1) is 0 Å². The second-order valence-electron chi connectivity index (χ2n) is 1.82. The smallest absolute Gasteiger partial charge is 0.195 e. The molecule has 6 heteroatoms. The fraction of sp³-hybridized carbons (Fsp3) is 0.250. The van der Waals surface area contributed by atoms with Crippen LogP contribution in [0.1, 0.15) is 0 Å². The summed E-state index contributed by atoms with van der Waals surface area (Å²) in [6, 6.07) is 0. The minimum absolute atomic E-state index is 0.465. The van der Waals surface area contributed by atoms with Crippen molar-refractivity contribution in [3.63, 3.8) is 0 Å². The molecule has 1 rings (SSSR count). The maximum Gasteiger partial charge on any atom is 0.195 e. The normalized spacial score (nSPS) is 11.8. The summed E-state index contributed by atoms with van der Waals surface area (Å²) in [4.78, 5) is 0. The standard InChI is InChI=1S/C4H5FN2O2S/c1-10(8,9)4-3(5)2-6-7-4/h2H,1H3,(H,6,7). The molecule has 0 aliphatic carbocycles. The molecule has 1 aromatic rings. The number of rotatable bonds is 1. The molecule has 1 heterocycles. The van der Waals surface area contributed by atoms with Gasteiger partial charge in [0, 0.05) is 6.26 Å². The van der Waals surface area contributed by atoms with Crippen molar-refractivity contribution < 1.29 is 12.8 Å². The second-order valence-corrected chi connectivity index (χ2v) is 3.77. The maximum atomic E-state index is 12.4. The third-order valence-electron chi connectivity index (χ3n) is 0.932. The highest BCUT2D eigenvalue weighted by molar-refractivity contribution is 7.90. The molecule has 0 spiro atoms. The Bertz CT molecular complexity index is 329. The van der Waals surface area contributed by atoms with Crippen molar-refractivity contribution in [2.45, 2.75) is 5.03 Å². The van der Waals surface area contributed by atoms with E-state index in [2.05, 4.69) is 5.10 Å². The van der Waals surface area contributed by atoms with Crippen molar-refractivity contribution in [1.82, 2.24) is 10.2 Å². The Labute approximate surface area is 57.0 Å². The minimum Gasteiger partial charge on any atom is -0.265 e. The van der Waals surface area contributed by atoms with Gasteiger partial charge in [-0.1, -0.05) is 0 Å². The van der Waals surface area contributed by atoms with E-state index in [1.807, 2.05) is 5.10 Å². The fourth-order valence-electron chi connectivity index (χ4n) is 0.520. The number of aromatic amines is 1. The van der Waals surface area contributed by atoms with Crippen LogP contribution in [0.25, 0.3) is 0 Å². The number of aromatic nitrogens is 2. The van der Waals surface area contributed by atoms with E-state index in [0.717, 1.165) is 12.5 Å². The van der Waals surface area contributed by atoms with E-state index in [-0.39, 0.29) is 0 Å². The van der Waals surface area contributed by atoms with Gasteiger partial charge in [0.15, 0.2) is 20.7 Å². The van der Waals surface area contributed by atoms with Crippen molar-refractivity contribution >= 4 is 9.84 Å². The first kappa shape index (κ1) is 7.20. The summed E-state index contributed by atoms with van der Waals surface area (Å²) >= 11 is 0. The van der Waals surface area contributed by atoms with E-state index in [9.17, 15) is 12.8 Å². The number of sulfone groups is 1. The van der Waals surface area contributed by atoms with Gasteiger partial charge in [-0.3, -0.25) is 5.10 Å². The Morgan fingerprint density at radius 2 is 2.30 bits per heavy atom. The summed E-state index contributed by atoms with van der Waals surface area (Å²) in [6.45, 7) is 0. The largest absolute Gasteiger partial charge is 0.265 e. The first-order chi connectivity index (χ1) is 4.52. The number of halogens is 1. The van der Waals surface area contributed by atoms with Crippen LogP contribution in [0, 0.1) is 5.82 Å². The van der Waals surface area contributed by atoms with Gasteiger partial charge in [-0.2, -0.15) is 5.10 Å². The summed E-state index contributed by atoms with van der Waals surface area (Å²) < 4.78 is 33.6. The highest BCUT2D eigenvalue weighted by Gasteiger charge is 2.14. The molecule has 0 bridgehead atoms. The molecule has 0 aromatic carbocycles. The quantitative estimate of drug-likeness (QED) is 0.633. The highest BCUT2D eigenvalue weighted by Crippen LogP contribution is 2.07. The Morgan fingerprint density at radius 1 is 1.70 bits per heavy atom. The third-order valence-corrected chi connectivity index (χ3v) is 1.96. The topological polar surface area (TPSA) is 62.8 Å². The van der Waals surface area contributed by atoms with Crippen LogP contribution in [-0.2, 0) is 9.84 Å². The number of nitrogens with one attached hydrogen (secondary N) is 1. The summed E-state index contributed by atoms with van der Waals surface area (Å²) in [5.41, 5.74) is 0. The van der Waals surface area contributed by atoms with Crippen LogP contribution in [0.15, 0.2) is 11.2 Å². The molecule has 0 amide bonds. The molecular formula is C4H5FN2O2S. The van der Waals surface area contributed by atoms with Gasteiger partial charge in [0.2, 0.25) is 0 Å². The summed E-state index contributed by atoms with van der Waals surface area (Å²) in [5.74, 6) is -0.845. The molecule has 0 saturated carbocycles. The lowest BCUT2D eigenvalue weighted by Crippen LogP contribution is -1.99. The van der Waals surface area contributed by atoms with Crippen molar-refractivity contribution in [1.29, 1.82) is 0 Å². The van der Waals surface area contributed by atoms with E-state index < -0.39 is 20.7 Å². The molecule has 0 aliphatic rings.